The molecule has 17 heavy (non-hydrogen) atoms. The molecule has 0 amide bonds. The largest absolute Gasteiger partial charge is 0.316 e. The summed E-state index contributed by atoms with van der Waals surface area (Å²) in [5.41, 5.74) is 3.51. The molecule has 0 aromatic carbocycles. The summed E-state index contributed by atoms with van der Waals surface area (Å²) in [7, 11) is 1.95. The number of nitrogens with zero attached hydrogens (tertiary/aromatic N) is 3. The molecule has 0 fully saturated rings. The van der Waals surface area contributed by atoms with Crippen LogP contribution in [0.3, 0.4) is 0 Å². The van der Waals surface area contributed by atoms with Crippen LogP contribution in [0.4, 0.5) is 0 Å². The molecule has 2 aromatic rings. The van der Waals surface area contributed by atoms with Crippen LogP contribution in [0.15, 0.2) is 18.5 Å². The first-order chi connectivity index (χ1) is 8.13. The molecule has 4 nitrogen and oxygen atoms in total. The minimum absolute atomic E-state index is 0.812. The third-order valence-corrected chi connectivity index (χ3v) is 2.86. The first-order valence-corrected chi connectivity index (χ1v) is 5.75. The second-order valence-electron chi connectivity index (χ2n) is 4.26. The van der Waals surface area contributed by atoms with E-state index < -0.39 is 0 Å². The van der Waals surface area contributed by atoms with Gasteiger partial charge in [-0.25, -0.2) is 9.97 Å². The summed E-state index contributed by atoms with van der Waals surface area (Å²) in [5.74, 6) is 1.94. The van der Waals surface area contributed by atoms with Crippen LogP contribution < -0.4 is 5.32 Å². The summed E-state index contributed by atoms with van der Waals surface area (Å²) in [6.45, 7) is 6.94. The summed E-state index contributed by atoms with van der Waals surface area (Å²) < 4.78 is 2.03. The quantitative estimate of drug-likeness (QED) is 0.876. The van der Waals surface area contributed by atoms with Gasteiger partial charge in [-0.15, -0.1) is 0 Å². The highest BCUT2D eigenvalue weighted by Crippen LogP contribution is 2.18. The van der Waals surface area contributed by atoms with E-state index in [2.05, 4.69) is 28.3 Å². The second-order valence-corrected chi connectivity index (χ2v) is 4.26. The molecular formula is C13H18N4. The number of hydrogen-bond donors (Lipinski definition) is 1. The molecule has 0 atom stereocenters. The maximum absolute atomic E-state index is 4.64. The fourth-order valence-corrected chi connectivity index (χ4v) is 2.04. The van der Waals surface area contributed by atoms with Gasteiger partial charge in [0.2, 0.25) is 0 Å². The van der Waals surface area contributed by atoms with Crippen LogP contribution in [0, 0.1) is 20.8 Å². The topological polar surface area (TPSA) is 42.7 Å². The van der Waals surface area contributed by atoms with E-state index in [9.17, 15) is 0 Å². The highest BCUT2D eigenvalue weighted by atomic mass is 15.1. The number of aryl methyl sites for hydroxylation is 3. The number of aromatic nitrogens is 3. The van der Waals surface area contributed by atoms with E-state index in [4.69, 9.17) is 0 Å². The molecule has 0 aliphatic carbocycles. The van der Waals surface area contributed by atoms with Crippen molar-refractivity contribution < 1.29 is 0 Å². The summed E-state index contributed by atoms with van der Waals surface area (Å²) >= 11 is 0. The van der Waals surface area contributed by atoms with Crippen molar-refractivity contribution in [3.63, 3.8) is 0 Å². The average Bonchev–Trinajstić information content (AvgIpc) is 2.68. The Morgan fingerprint density at radius 2 is 2.06 bits per heavy atom. The van der Waals surface area contributed by atoms with Gasteiger partial charge < -0.3 is 5.32 Å². The van der Waals surface area contributed by atoms with Crippen LogP contribution >= 0.6 is 0 Å². The molecule has 2 aromatic heterocycles. The van der Waals surface area contributed by atoms with E-state index in [1.54, 1.807) is 6.20 Å². The van der Waals surface area contributed by atoms with Crippen LogP contribution in [0.1, 0.15) is 22.6 Å². The highest BCUT2D eigenvalue weighted by Gasteiger charge is 2.11. The zero-order valence-electron chi connectivity index (χ0n) is 10.8. The molecule has 0 radical (unpaired) electrons. The van der Waals surface area contributed by atoms with Crippen molar-refractivity contribution in [1.29, 1.82) is 0 Å². The normalized spacial score (nSPS) is 10.8. The Morgan fingerprint density at radius 3 is 2.65 bits per heavy atom. The first-order valence-electron chi connectivity index (χ1n) is 5.75. The van der Waals surface area contributed by atoms with Gasteiger partial charge in [0.05, 0.1) is 0 Å². The Balaban J connectivity index is 2.63. The van der Waals surface area contributed by atoms with Gasteiger partial charge in [-0.1, -0.05) is 0 Å². The summed E-state index contributed by atoms with van der Waals surface area (Å²) in [5, 5.41) is 3.19. The molecule has 0 bridgehead atoms. The maximum atomic E-state index is 4.64. The number of hydrogen-bond acceptors (Lipinski definition) is 3. The molecule has 0 saturated carbocycles. The van der Waals surface area contributed by atoms with Crippen molar-refractivity contribution in [2.45, 2.75) is 27.3 Å². The predicted octanol–water partition coefficient (Wildman–Crippen LogP) is 1.91. The Kier molecular flexibility index (Phi) is 3.24. The summed E-state index contributed by atoms with van der Waals surface area (Å²) in [4.78, 5) is 8.89. The molecule has 0 spiro atoms. The lowest BCUT2D eigenvalue weighted by molar-refractivity contribution is 0.783. The van der Waals surface area contributed by atoms with E-state index in [0.29, 0.717) is 0 Å². The average molecular weight is 230 g/mol. The Bertz CT molecular complexity index is 528. The number of imidazole rings is 1. The minimum atomic E-state index is 0.812. The maximum Gasteiger partial charge on any atom is 0.143 e. The number of pyridine rings is 1. The fourth-order valence-electron chi connectivity index (χ4n) is 2.04. The molecule has 4 heteroatoms. The second kappa shape index (κ2) is 4.67. The standard InChI is InChI=1S/C13H18N4/c1-9-7-10(2)16-13(12(9)8-14-4)17-6-5-15-11(17)3/h5-7,14H,8H2,1-4H3. The monoisotopic (exact) mass is 230 g/mol. The smallest absolute Gasteiger partial charge is 0.143 e. The zero-order valence-corrected chi connectivity index (χ0v) is 10.8. The molecule has 0 aliphatic rings. The molecule has 90 valence electrons. The summed E-state index contributed by atoms with van der Waals surface area (Å²) in [6, 6.07) is 2.11. The Morgan fingerprint density at radius 1 is 1.29 bits per heavy atom. The van der Waals surface area contributed by atoms with Crippen molar-refractivity contribution >= 4 is 0 Å². The minimum Gasteiger partial charge on any atom is -0.316 e. The van der Waals surface area contributed by atoms with Crippen LogP contribution in [0.5, 0.6) is 0 Å². The van der Waals surface area contributed by atoms with Gasteiger partial charge in [-0.2, -0.15) is 0 Å². The Labute approximate surface area is 102 Å². The van der Waals surface area contributed by atoms with Gasteiger partial charge in [0.15, 0.2) is 0 Å². The van der Waals surface area contributed by atoms with Gasteiger partial charge in [0.25, 0.3) is 0 Å². The van der Waals surface area contributed by atoms with E-state index >= 15 is 0 Å². The van der Waals surface area contributed by atoms with Crippen LogP contribution in [0.25, 0.3) is 5.82 Å². The number of nitrogens with one attached hydrogen (secondary N) is 1. The first kappa shape index (κ1) is 11.8. The van der Waals surface area contributed by atoms with E-state index in [1.165, 1.54) is 11.1 Å². The van der Waals surface area contributed by atoms with Crippen molar-refractivity contribution in [2.75, 3.05) is 7.05 Å². The molecule has 0 saturated heterocycles. The lowest BCUT2D eigenvalue weighted by Gasteiger charge is -2.14. The Hall–Kier alpha value is -1.68. The molecular weight excluding hydrogens is 212 g/mol. The molecule has 1 N–H and O–H groups in total. The van der Waals surface area contributed by atoms with Gasteiger partial charge >= 0.3 is 0 Å². The molecule has 0 aliphatic heterocycles. The van der Waals surface area contributed by atoms with E-state index in [-0.39, 0.29) is 0 Å². The molecule has 2 heterocycles. The third-order valence-electron chi connectivity index (χ3n) is 2.86. The van der Waals surface area contributed by atoms with Gasteiger partial charge in [-0.05, 0) is 39.4 Å². The lowest BCUT2D eigenvalue weighted by Crippen LogP contribution is -2.13. The van der Waals surface area contributed by atoms with Gasteiger partial charge in [0, 0.05) is 30.2 Å². The van der Waals surface area contributed by atoms with Gasteiger partial charge in [0.1, 0.15) is 11.6 Å². The van der Waals surface area contributed by atoms with Crippen LogP contribution in [-0.2, 0) is 6.54 Å². The highest BCUT2D eigenvalue weighted by molar-refractivity contribution is 5.42. The molecule has 0 unspecified atom stereocenters. The number of rotatable bonds is 3. The van der Waals surface area contributed by atoms with Gasteiger partial charge in [-0.3, -0.25) is 4.57 Å². The lowest BCUT2D eigenvalue weighted by atomic mass is 10.1. The summed E-state index contributed by atoms with van der Waals surface area (Å²) in [6.07, 6.45) is 3.76. The SMILES string of the molecule is CNCc1c(C)cc(C)nc1-n1ccnc1C. The van der Waals surface area contributed by atoms with E-state index in [0.717, 1.165) is 23.9 Å². The fraction of sp³-hybridized carbons (Fsp3) is 0.385. The van der Waals surface area contributed by atoms with Crippen LogP contribution in [-0.4, -0.2) is 21.6 Å². The zero-order chi connectivity index (χ0) is 12.4. The third kappa shape index (κ3) is 2.22. The van der Waals surface area contributed by atoms with Crippen LogP contribution in [0.2, 0.25) is 0 Å². The predicted molar refractivity (Wildman–Crippen MR) is 68.3 cm³/mol. The van der Waals surface area contributed by atoms with Crippen molar-refractivity contribution in [1.82, 2.24) is 19.9 Å². The van der Waals surface area contributed by atoms with Crippen molar-refractivity contribution in [3.8, 4) is 5.82 Å². The van der Waals surface area contributed by atoms with E-state index in [1.807, 2.05) is 31.7 Å². The molecule has 2 rings (SSSR count). The van der Waals surface area contributed by atoms with Crippen molar-refractivity contribution in [2.24, 2.45) is 0 Å². The van der Waals surface area contributed by atoms with Crippen molar-refractivity contribution in [3.05, 3.63) is 41.1 Å².